The molecule has 2 aromatic rings. The highest BCUT2D eigenvalue weighted by Gasteiger charge is 2.33. The monoisotopic (exact) mass is 346 g/mol. The molecule has 2 rings (SSSR count). The van der Waals surface area contributed by atoms with Gasteiger partial charge >= 0.3 is 6.18 Å². The maximum Gasteiger partial charge on any atom is 0.417 e. The van der Waals surface area contributed by atoms with Crippen LogP contribution in [-0.2, 0) is 6.18 Å². The summed E-state index contributed by atoms with van der Waals surface area (Å²) in [6.45, 7) is 0. The zero-order chi connectivity index (χ0) is 14.8. The Hall–Kier alpha value is -1.51. The average molecular weight is 347 g/mol. The van der Waals surface area contributed by atoms with Gasteiger partial charge in [-0.2, -0.15) is 13.2 Å². The largest absolute Gasteiger partial charge is 0.417 e. The van der Waals surface area contributed by atoms with Crippen molar-refractivity contribution in [1.29, 1.82) is 0 Å². The number of halogens is 4. The van der Waals surface area contributed by atoms with Gasteiger partial charge in [0, 0.05) is 16.9 Å². The van der Waals surface area contributed by atoms with E-state index in [1.807, 2.05) is 0 Å². The first kappa shape index (κ1) is 14.9. The highest BCUT2D eigenvalue weighted by atomic mass is 79.9. The fourth-order valence-corrected chi connectivity index (χ4v) is 2.22. The van der Waals surface area contributed by atoms with Gasteiger partial charge in [0.05, 0.1) is 23.5 Å². The molecule has 20 heavy (non-hydrogen) atoms. The molecule has 0 aliphatic heterocycles. The molecule has 106 valence electrons. The zero-order valence-corrected chi connectivity index (χ0v) is 11.6. The van der Waals surface area contributed by atoms with Crippen LogP contribution >= 0.6 is 15.9 Å². The van der Waals surface area contributed by atoms with Crippen molar-refractivity contribution in [1.82, 2.24) is 15.4 Å². The van der Waals surface area contributed by atoms with Crippen LogP contribution in [0.25, 0.3) is 0 Å². The summed E-state index contributed by atoms with van der Waals surface area (Å²) in [4.78, 5) is 7.92. The molecule has 1 unspecified atom stereocenters. The van der Waals surface area contributed by atoms with Gasteiger partial charge in [0.1, 0.15) is 0 Å². The Labute approximate surface area is 121 Å². The number of nitrogens with one attached hydrogen (secondary N) is 1. The van der Waals surface area contributed by atoms with E-state index in [-0.39, 0.29) is 4.47 Å². The molecule has 1 atom stereocenters. The van der Waals surface area contributed by atoms with Crippen LogP contribution < -0.4 is 11.3 Å². The standard InChI is InChI=1S/C12H10BrF3N4/c13-9-2-1-7(5-8(9)12(14,15)16)11(20-17)10-6-18-3-4-19-10/h1-6,11,20H,17H2. The van der Waals surface area contributed by atoms with Crippen LogP contribution in [-0.4, -0.2) is 9.97 Å². The van der Waals surface area contributed by atoms with Gasteiger partial charge in [-0.3, -0.25) is 15.8 Å². The maximum atomic E-state index is 12.9. The molecule has 0 amide bonds. The Kier molecular flexibility index (Phi) is 4.36. The molecule has 8 heteroatoms. The highest BCUT2D eigenvalue weighted by molar-refractivity contribution is 9.10. The Balaban J connectivity index is 2.46. The molecule has 0 radical (unpaired) electrons. The molecule has 0 fully saturated rings. The predicted molar refractivity (Wildman–Crippen MR) is 70.3 cm³/mol. The number of aromatic nitrogens is 2. The number of rotatable bonds is 3. The van der Waals surface area contributed by atoms with Gasteiger partial charge < -0.3 is 0 Å². The molecule has 0 spiro atoms. The lowest BCUT2D eigenvalue weighted by molar-refractivity contribution is -0.138. The number of benzene rings is 1. The summed E-state index contributed by atoms with van der Waals surface area (Å²) < 4.78 is 38.6. The molecule has 3 N–H and O–H groups in total. The number of hydrogen-bond acceptors (Lipinski definition) is 4. The summed E-state index contributed by atoms with van der Waals surface area (Å²) in [5.74, 6) is 5.42. The van der Waals surface area contributed by atoms with Gasteiger partial charge in [0.25, 0.3) is 0 Å². The molecular weight excluding hydrogens is 337 g/mol. The maximum absolute atomic E-state index is 12.9. The van der Waals surface area contributed by atoms with Gasteiger partial charge in [-0.1, -0.05) is 22.0 Å². The Bertz CT molecular complexity index is 589. The lowest BCUT2D eigenvalue weighted by Crippen LogP contribution is -2.29. The van der Waals surface area contributed by atoms with Crippen molar-refractivity contribution < 1.29 is 13.2 Å². The first-order chi connectivity index (χ1) is 9.43. The minimum atomic E-state index is -4.45. The number of hydrogen-bond donors (Lipinski definition) is 2. The molecule has 0 bridgehead atoms. The van der Waals surface area contributed by atoms with E-state index in [9.17, 15) is 13.2 Å². The Morgan fingerprint density at radius 2 is 2.00 bits per heavy atom. The third-order valence-corrected chi connectivity index (χ3v) is 3.37. The second-order valence-corrected chi connectivity index (χ2v) is 4.82. The van der Waals surface area contributed by atoms with Gasteiger partial charge in [-0.15, -0.1) is 0 Å². The van der Waals surface area contributed by atoms with Crippen molar-refractivity contribution in [2.45, 2.75) is 12.2 Å². The lowest BCUT2D eigenvalue weighted by Gasteiger charge is -2.18. The van der Waals surface area contributed by atoms with E-state index in [0.29, 0.717) is 11.3 Å². The van der Waals surface area contributed by atoms with Gasteiger partial charge in [0.2, 0.25) is 0 Å². The summed E-state index contributed by atoms with van der Waals surface area (Å²) >= 11 is 2.89. The number of nitrogens with two attached hydrogens (primary N) is 1. The van der Waals surface area contributed by atoms with Crippen molar-refractivity contribution in [3.05, 3.63) is 58.1 Å². The predicted octanol–water partition coefficient (Wildman–Crippen LogP) is 2.81. The fourth-order valence-electron chi connectivity index (χ4n) is 1.75. The summed E-state index contributed by atoms with van der Waals surface area (Å²) in [6.07, 6.45) is -0.0841. The molecule has 4 nitrogen and oxygen atoms in total. The minimum absolute atomic E-state index is 0.0244. The fraction of sp³-hybridized carbons (Fsp3) is 0.167. The molecule has 1 aromatic carbocycles. The van der Waals surface area contributed by atoms with Gasteiger partial charge in [0.15, 0.2) is 0 Å². The number of nitrogens with zero attached hydrogens (tertiary/aromatic N) is 2. The lowest BCUT2D eigenvalue weighted by atomic mass is 10.0. The van der Waals surface area contributed by atoms with Crippen LogP contribution in [0.4, 0.5) is 13.2 Å². The molecule has 0 aliphatic rings. The molecule has 0 aliphatic carbocycles. The Morgan fingerprint density at radius 3 is 2.55 bits per heavy atom. The van der Waals surface area contributed by atoms with Crippen molar-refractivity contribution in [2.24, 2.45) is 5.84 Å². The van der Waals surface area contributed by atoms with Crippen molar-refractivity contribution >= 4 is 15.9 Å². The highest BCUT2D eigenvalue weighted by Crippen LogP contribution is 2.36. The van der Waals surface area contributed by atoms with Crippen LogP contribution in [0.3, 0.4) is 0 Å². The van der Waals surface area contributed by atoms with E-state index in [0.717, 1.165) is 6.07 Å². The van der Waals surface area contributed by atoms with Crippen LogP contribution in [0.2, 0.25) is 0 Å². The molecule has 0 saturated carbocycles. The van der Waals surface area contributed by atoms with Crippen LogP contribution in [0.15, 0.2) is 41.3 Å². The summed E-state index contributed by atoms with van der Waals surface area (Å²) in [7, 11) is 0. The molecule has 1 heterocycles. The van der Waals surface area contributed by atoms with E-state index in [4.69, 9.17) is 5.84 Å². The van der Waals surface area contributed by atoms with Crippen molar-refractivity contribution in [3.8, 4) is 0 Å². The second kappa shape index (κ2) is 5.86. The SMILES string of the molecule is NNC(c1ccc(Br)c(C(F)(F)F)c1)c1cnccn1. The third kappa shape index (κ3) is 3.14. The van der Waals surface area contributed by atoms with Crippen molar-refractivity contribution in [3.63, 3.8) is 0 Å². The molecule has 1 aromatic heterocycles. The average Bonchev–Trinajstić information content (AvgIpc) is 2.41. The quantitative estimate of drug-likeness (QED) is 0.662. The second-order valence-electron chi connectivity index (χ2n) is 3.97. The molecular formula is C12H10BrF3N4. The van der Waals surface area contributed by atoms with Crippen LogP contribution in [0.5, 0.6) is 0 Å². The number of hydrazine groups is 1. The minimum Gasteiger partial charge on any atom is -0.271 e. The van der Waals surface area contributed by atoms with E-state index >= 15 is 0 Å². The first-order valence-electron chi connectivity index (χ1n) is 5.52. The normalized spacial score (nSPS) is 13.2. The summed E-state index contributed by atoms with van der Waals surface area (Å²) in [5.41, 5.74) is 2.47. The van der Waals surface area contributed by atoms with E-state index in [2.05, 4.69) is 31.3 Å². The van der Waals surface area contributed by atoms with E-state index < -0.39 is 17.8 Å². The summed E-state index contributed by atoms with van der Waals surface area (Å²) in [5, 5.41) is 0. The van der Waals surface area contributed by atoms with E-state index in [1.165, 1.54) is 24.7 Å². The van der Waals surface area contributed by atoms with Crippen LogP contribution in [0, 0.1) is 0 Å². The topological polar surface area (TPSA) is 63.8 Å². The van der Waals surface area contributed by atoms with Gasteiger partial charge in [-0.25, -0.2) is 5.43 Å². The zero-order valence-electron chi connectivity index (χ0n) is 10.0. The van der Waals surface area contributed by atoms with Gasteiger partial charge in [-0.05, 0) is 17.7 Å². The number of alkyl halides is 3. The third-order valence-electron chi connectivity index (χ3n) is 2.67. The van der Waals surface area contributed by atoms with Crippen LogP contribution in [0.1, 0.15) is 22.9 Å². The Morgan fingerprint density at radius 1 is 1.25 bits per heavy atom. The first-order valence-corrected chi connectivity index (χ1v) is 6.31. The summed E-state index contributed by atoms with van der Waals surface area (Å²) in [6, 6.07) is 3.23. The molecule has 0 saturated heterocycles. The van der Waals surface area contributed by atoms with E-state index in [1.54, 1.807) is 6.07 Å². The smallest absolute Gasteiger partial charge is 0.271 e. The van der Waals surface area contributed by atoms with Crippen molar-refractivity contribution in [2.75, 3.05) is 0 Å².